The molecule has 2 amide bonds. The first kappa shape index (κ1) is 20.6. The molecule has 1 aliphatic carbocycles. The van der Waals surface area contributed by atoms with Crippen LogP contribution in [0.4, 0.5) is 4.79 Å². The molecular formula is C21H31N3O4. The summed E-state index contributed by atoms with van der Waals surface area (Å²) in [4.78, 5) is 27.2. The summed E-state index contributed by atoms with van der Waals surface area (Å²) in [5, 5.41) is 12.1. The number of urea groups is 1. The number of hydrogen-bond donors (Lipinski definition) is 2. The largest absolute Gasteiger partial charge is 0.480 e. The Morgan fingerprint density at radius 2 is 2.07 bits per heavy atom. The molecule has 0 bridgehead atoms. The highest BCUT2D eigenvalue weighted by atomic mass is 16.5. The van der Waals surface area contributed by atoms with Gasteiger partial charge in [0.25, 0.3) is 0 Å². The summed E-state index contributed by atoms with van der Waals surface area (Å²) in [7, 11) is 1.75. The fourth-order valence-corrected chi connectivity index (χ4v) is 4.30. The van der Waals surface area contributed by atoms with Crippen LogP contribution in [0.25, 0.3) is 0 Å². The van der Waals surface area contributed by atoms with Crippen LogP contribution in [0, 0.1) is 5.92 Å². The Morgan fingerprint density at radius 3 is 2.82 bits per heavy atom. The third kappa shape index (κ3) is 5.94. The average Bonchev–Trinajstić information content (AvgIpc) is 3.08. The standard InChI is InChI=1S/C21H31N3O4/c1-23(15-20(25)26)13-18-14-24(10-11-28-18)21(27)22-19-9-5-8-17(19)12-16-6-3-2-4-7-16/h2-4,6-7,17-19H,5,8-15H2,1H3,(H,22,27)(H,25,26). The first-order valence-electron chi connectivity index (χ1n) is 10.1. The van der Waals surface area contributed by atoms with Crippen LogP contribution in [0.2, 0.25) is 0 Å². The van der Waals surface area contributed by atoms with Gasteiger partial charge in [-0.25, -0.2) is 4.79 Å². The van der Waals surface area contributed by atoms with E-state index in [1.165, 1.54) is 5.56 Å². The molecule has 0 aromatic heterocycles. The number of benzene rings is 1. The molecule has 1 heterocycles. The minimum atomic E-state index is -0.862. The fourth-order valence-electron chi connectivity index (χ4n) is 4.30. The van der Waals surface area contributed by atoms with E-state index in [0.717, 1.165) is 25.7 Å². The van der Waals surface area contributed by atoms with Gasteiger partial charge in [-0.05, 0) is 37.8 Å². The predicted molar refractivity (Wildman–Crippen MR) is 106 cm³/mol. The maximum absolute atomic E-state index is 12.8. The Bertz CT molecular complexity index is 654. The van der Waals surface area contributed by atoms with E-state index in [1.807, 2.05) is 6.07 Å². The molecule has 1 aromatic rings. The molecule has 3 unspecified atom stereocenters. The summed E-state index contributed by atoms with van der Waals surface area (Å²) in [6.45, 7) is 2.01. The number of amides is 2. The monoisotopic (exact) mass is 389 g/mol. The number of rotatable bonds is 7. The van der Waals surface area contributed by atoms with Gasteiger partial charge >= 0.3 is 12.0 Å². The van der Waals surface area contributed by atoms with Gasteiger partial charge in [0.2, 0.25) is 0 Å². The van der Waals surface area contributed by atoms with Gasteiger partial charge < -0.3 is 20.1 Å². The van der Waals surface area contributed by atoms with Gasteiger partial charge in [-0.3, -0.25) is 9.69 Å². The normalized spacial score (nSPS) is 25.1. The molecular weight excluding hydrogens is 358 g/mol. The van der Waals surface area contributed by atoms with Crippen LogP contribution in [0.15, 0.2) is 30.3 Å². The number of morpholine rings is 1. The number of carboxylic acid groups (broad SMARTS) is 1. The van der Waals surface area contributed by atoms with Crippen molar-refractivity contribution in [2.75, 3.05) is 39.8 Å². The van der Waals surface area contributed by atoms with Crippen LogP contribution in [0.5, 0.6) is 0 Å². The highest BCUT2D eigenvalue weighted by Gasteiger charge is 2.32. The molecule has 1 aliphatic heterocycles. The van der Waals surface area contributed by atoms with E-state index >= 15 is 0 Å². The molecule has 2 N–H and O–H groups in total. The van der Waals surface area contributed by atoms with Gasteiger partial charge in [-0.15, -0.1) is 0 Å². The minimum absolute atomic E-state index is 0.0286. The Labute approximate surface area is 166 Å². The molecule has 0 spiro atoms. The summed E-state index contributed by atoms with van der Waals surface area (Å²) in [6, 6.07) is 10.6. The minimum Gasteiger partial charge on any atom is -0.480 e. The van der Waals surface area contributed by atoms with E-state index in [-0.39, 0.29) is 24.7 Å². The fraction of sp³-hybridized carbons (Fsp3) is 0.619. The number of nitrogens with one attached hydrogen (secondary N) is 1. The maximum atomic E-state index is 12.8. The molecule has 7 nitrogen and oxygen atoms in total. The highest BCUT2D eigenvalue weighted by molar-refractivity contribution is 5.74. The van der Waals surface area contributed by atoms with Gasteiger partial charge in [0.15, 0.2) is 0 Å². The van der Waals surface area contributed by atoms with Crippen molar-refractivity contribution in [2.45, 2.75) is 37.8 Å². The number of nitrogens with zero attached hydrogens (tertiary/aromatic N) is 2. The summed E-state index contributed by atoms with van der Waals surface area (Å²) in [6.07, 6.45) is 4.16. The molecule has 7 heteroatoms. The lowest BCUT2D eigenvalue weighted by molar-refractivity contribution is -0.138. The van der Waals surface area contributed by atoms with E-state index in [2.05, 4.69) is 29.6 Å². The maximum Gasteiger partial charge on any atom is 0.317 e. The van der Waals surface area contributed by atoms with Crippen LogP contribution in [-0.2, 0) is 16.0 Å². The van der Waals surface area contributed by atoms with Crippen LogP contribution in [-0.4, -0.2) is 78.9 Å². The lowest BCUT2D eigenvalue weighted by Crippen LogP contribution is -2.54. The van der Waals surface area contributed by atoms with Crippen molar-refractivity contribution in [3.8, 4) is 0 Å². The van der Waals surface area contributed by atoms with Crippen LogP contribution in [0.3, 0.4) is 0 Å². The number of likely N-dealkylation sites (N-methyl/N-ethyl adjacent to an activating group) is 1. The first-order valence-corrected chi connectivity index (χ1v) is 10.1. The van der Waals surface area contributed by atoms with Crippen molar-refractivity contribution in [1.29, 1.82) is 0 Å². The van der Waals surface area contributed by atoms with Crippen molar-refractivity contribution in [2.24, 2.45) is 5.92 Å². The topological polar surface area (TPSA) is 82.1 Å². The first-order chi connectivity index (χ1) is 13.5. The van der Waals surface area contributed by atoms with Crippen molar-refractivity contribution in [3.63, 3.8) is 0 Å². The molecule has 1 saturated carbocycles. The zero-order valence-electron chi connectivity index (χ0n) is 16.5. The van der Waals surface area contributed by atoms with Crippen LogP contribution >= 0.6 is 0 Å². The Kier molecular flexibility index (Phi) is 7.28. The van der Waals surface area contributed by atoms with Gasteiger partial charge in [0.05, 0.1) is 19.3 Å². The summed E-state index contributed by atoms with van der Waals surface area (Å²) in [5.41, 5.74) is 1.32. The summed E-state index contributed by atoms with van der Waals surface area (Å²) in [5.74, 6) is -0.386. The second-order valence-electron chi connectivity index (χ2n) is 7.97. The summed E-state index contributed by atoms with van der Waals surface area (Å²) < 4.78 is 5.72. The van der Waals surface area contributed by atoms with E-state index in [4.69, 9.17) is 9.84 Å². The molecule has 28 heavy (non-hydrogen) atoms. The highest BCUT2D eigenvalue weighted by Crippen LogP contribution is 2.29. The molecule has 1 aromatic carbocycles. The molecule has 154 valence electrons. The quantitative estimate of drug-likeness (QED) is 0.743. The van der Waals surface area contributed by atoms with Gasteiger partial charge in [0.1, 0.15) is 0 Å². The number of carbonyl (C=O) groups excluding carboxylic acids is 1. The van der Waals surface area contributed by atoms with Crippen molar-refractivity contribution >= 4 is 12.0 Å². The Hall–Kier alpha value is -2.12. The SMILES string of the molecule is CN(CC(=O)O)CC1CN(C(=O)NC2CCCC2Cc2ccccc2)CCO1. The zero-order chi connectivity index (χ0) is 19.9. The van der Waals surface area contributed by atoms with E-state index in [1.54, 1.807) is 16.8 Å². The number of aliphatic carboxylic acids is 1. The zero-order valence-corrected chi connectivity index (χ0v) is 16.5. The molecule has 2 fully saturated rings. The molecule has 3 atom stereocenters. The molecule has 1 saturated heterocycles. The second-order valence-corrected chi connectivity index (χ2v) is 7.97. The number of carboxylic acids is 1. The van der Waals surface area contributed by atoms with Crippen LogP contribution < -0.4 is 5.32 Å². The molecule has 3 rings (SSSR count). The third-order valence-corrected chi connectivity index (χ3v) is 5.66. The molecule has 0 radical (unpaired) electrons. The lowest BCUT2D eigenvalue weighted by atomic mass is 9.95. The number of carbonyl (C=O) groups is 2. The van der Waals surface area contributed by atoms with E-state index in [9.17, 15) is 9.59 Å². The van der Waals surface area contributed by atoms with Gasteiger partial charge in [-0.1, -0.05) is 36.8 Å². The van der Waals surface area contributed by atoms with Crippen molar-refractivity contribution in [3.05, 3.63) is 35.9 Å². The second kappa shape index (κ2) is 9.89. The van der Waals surface area contributed by atoms with E-state index in [0.29, 0.717) is 32.2 Å². The predicted octanol–water partition coefficient (Wildman–Crippen LogP) is 1.82. The molecule has 2 aliphatic rings. The smallest absolute Gasteiger partial charge is 0.317 e. The summed E-state index contributed by atoms with van der Waals surface area (Å²) >= 11 is 0. The van der Waals surface area contributed by atoms with Gasteiger partial charge in [0, 0.05) is 25.7 Å². The van der Waals surface area contributed by atoms with Gasteiger partial charge in [-0.2, -0.15) is 0 Å². The van der Waals surface area contributed by atoms with Crippen LogP contribution in [0.1, 0.15) is 24.8 Å². The number of ether oxygens (including phenoxy) is 1. The Balaban J connectivity index is 1.49. The van der Waals surface area contributed by atoms with Crippen molar-refractivity contribution in [1.82, 2.24) is 15.1 Å². The van der Waals surface area contributed by atoms with Crippen molar-refractivity contribution < 1.29 is 19.4 Å². The average molecular weight is 389 g/mol. The number of hydrogen-bond acceptors (Lipinski definition) is 4. The lowest BCUT2D eigenvalue weighted by Gasteiger charge is -2.35. The van der Waals surface area contributed by atoms with E-state index < -0.39 is 5.97 Å². The Morgan fingerprint density at radius 1 is 1.29 bits per heavy atom. The third-order valence-electron chi connectivity index (χ3n) is 5.66.